The highest BCUT2D eigenvalue weighted by Gasteiger charge is 2.15. The van der Waals surface area contributed by atoms with Gasteiger partial charge < -0.3 is 0 Å². The van der Waals surface area contributed by atoms with Crippen LogP contribution < -0.4 is 0 Å². The molecule has 0 saturated carbocycles. The fourth-order valence-corrected chi connectivity index (χ4v) is 7.53. The molecular weight excluding hydrogens is 615 g/mol. The molecule has 0 fully saturated rings. The molecule has 0 amide bonds. The molecule has 9 aromatic rings. The molecule has 9 rings (SSSR count). The van der Waals surface area contributed by atoms with Crippen LogP contribution in [0.1, 0.15) is 0 Å². The Kier molecular flexibility index (Phi) is 7.34. The zero-order valence-electron chi connectivity index (χ0n) is 26.5. The molecule has 7 aromatic carbocycles. The summed E-state index contributed by atoms with van der Waals surface area (Å²) in [6, 6.07) is 61.6. The third-order valence-electron chi connectivity index (χ3n) is 8.95. The largest absolute Gasteiger partial charge is 0.208 e. The Hall–Kier alpha value is -6.23. The van der Waals surface area contributed by atoms with Crippen LogP contribution in [0.4, 0.5) is 0 Å². The number of rotatable bonds is 6. The average molecular weight is 644 g/mol. The highest BCUT2D eigenvalue weighted by molar-refractivity contribution is 7.25. The zero-order valence-corrected chi connectivity index (χ0v) is 27.3. The van der Waals surface area contributed by atoms with E-state index < -0.39 is 0 Å². The third-order valence-corrected chi connectivity index (χ3v) is 10.1. The van der Waals surface area contributed by atoms with E-state index in [-0.39, 0.29) is 0 Å². The van der Waals surface area contributed by atoms with Gasteiger partial charge >= 0.3 is 0 Å². The number of benzene rings is 7. The normalized spacial score (nSPS) is 11.3. The topological polar surface area (TPSA) is 38.7 Å². The molecule has 4 heteroatoms. The lowest BCUT2D eigenvalue weighted by Crippen LogP contribution is -2.00. The molecule has 49 heavy (non-hydrogen) atoms. The van der Waals surface area contributed by atoms with E-state index in [1.54, 1.807) is 11.3 Å². The van der Waals surface area contributed by atoms with E-state index in [0.29, 0.717) is 17.5 Å². The zero-order chi connectivity index (χ0) is 32.6. The summed E-state index contributed by atoms with van der Waals surface area (Å²) in [5.74, 6) is 1.95. The van der Waals surface area contributed by atoms with Crippen LogP contribution >= 0.6 is 11.3 Å². The second-order valence-electron chi connectivity index (χ2n) is 12.1. The Balaban J connectivity index is 1.16. The van der Waals surface area contributed by atoms with Crippen LogP contribution in [0, 0.1) is 0 Å². The Labute approximate surface area is 288 Å². The van der Waals surface area contributed by atoms with E-state index in [2.05, 4.69) is 164 Å². The lowest BCUT2D eigenvalue weighted by molar-refractivity contribution is 1.07. The monoisotopic (exact) mass is 643 g/mol. The van der Waals surface area contributed by atoms with Crippen molar-refractivity contribution in [3.05, 3.63) is 176 Å². The molecule has 0 aliphatic carbocycles. The highest BCUT2D eigenvalue weighted by Crippen LogP contribution is 2.38. The Bertz CT molecular complexity index is 2580. The smallest absolute Gasteiger partial charge is 0.164 e. The molecule has 0 bridgehead atoms. The predicted octanol–water partition coefficient (Wildman–Crippen LogP) is 12.2. The van der Waals surface area contributed by atoms with Gasteiger partial charge in [0.1, 0.15) is 0 Å². The first-order chi connectivity index (χ1) is 24.2. The van der Waals surface area contributed by atoms with Crippen LogP contribution in [0.2, 0.25) is 0 Å². The molecule has 0 unspecified atom stereocenters. The number of nitrogens with zero attached hydrogens (tertiary/aromatic N) is 3. The van der Waals surface area contributed by atoms with Gasteiger partial charge in [0.05, 0.1) is 0 Å². The fraction of sp³-hybridized carbons (Fsp3) is 0. The van der Waals surface area contributed by atoms with Crippen LogP contribution in [-0.2, 0) is 0 Å². The van der Waals surface area contributed by atoms with Gasteiger partial charge in [-0.2, -0.15) is 0 Å². The van der Waals surface area contributed by atoms with Crippen molar-refractivity contribution in [3.63, 3.8) is 0 Å². The summed E-state index contributed by atoms with van der Waals surface area (Å²) in [6.07, 6.45) is 0. The first-order valence-electron chi connectivity index (χ1n) is 16.4. The second kappa shape index (κ2) is 12.4. The van der Waals surface area contributed by atoms with Gasteiger partial charge in [-0.25, -0.2) is 15.0 Å². The highest BCUT2D eigenvalue weighted by atomic mass is 32.1. The minimum absolute atomic E-state index is 0.647. The molecule has 3 nitrogen and oxygen atoms in total. The van der Waals surface area contributed by atoms with Crippen molar-refractivity contribution in [2.75, 3.05) is 0 Å². The van der Waals surface area contributed by atoms with Gasteiger partial charge in [0, 0.05) is 36.9 Å². The van der Waals surface area contributed by atoms with Crippen LogP contribution in [0.3, 0.4) is 0 Å². The molecule has 0 aliphatic rings. The van der Waals surface area contributed by atoms with Crippen molar-refractivity contribution in [3.8, 4) is 67.5 Å². The maximum absolute atomic E-state index is 5.10. The minimum Gasteiger partial charge on any atom is -0.208 e. The van der Waals surface area contributed by atoms with E-state index in [1.807, 2.05) is 12.1 Å². The Morgan fingerprint density at radius 1 is 0.265 bits per heavy atom. The molecule has 0 spiro atoms. The van der Waals surface area contributed by atoms with Gasteiger partial charge in [-0.15, -0.1) is 11.3 Å². The van der Waals surface area contributed by atoms with Crippen LogP contribution in [0.25, 0.3) is 87.7 Å². The summed E-state index contributed by atoms with van der Waals surface area (Å²) in [7, 11) is 0. The number of hydrogen-bond donors (Lipinski definition) is 0. The van der Waals surface area contributed by atoms with E-state index >= 15 is 0 Å². The van der Waals surface area contributed by atoms with Gasteiger partial charge in [0.15, 0.2) is 17.5 Å². The summed E-state index contributed by atoms with van der Waals surface area (Å²) >= 11 is 1.80. The van der Waals surface area contributed by atoms with Crippen molar-refractivity contribution in [2.24, 2.45) is 0 Å². The van der Waals surface area contributed by atoms with E-state index in [9.17, 15) is 0 Å². The van der Waals surface area contributed by atoms with Gasteiger partial charge in [0.25, 0.3) is 0 Å². The SMILES string of the molecule is c1ccc(-c2ccc(-c3nc(-c4cccc(-c5ccccc5)c4)nc(-c4ccc5c(c4)sc4ccc(-c6ccccc6)cc45)n3)cc2)cc1. The molecule has 0 saturated heterocycles. The summed E-state index contributed by atoms with van der Waals surface area (Å²) in [6.45, 7) is 0. The van der Waals surface area contributed by atoms with Crippen LogP contribution in [-0.4, -0.2) is 15.0 Å². The number of hydrogen-bond acceptors (Lipinski definition) is 4. The fourth-order valence-electron chi connectivity index (χ4n) is 6.40. The van der Waals surface area contributed by atoms with Crippen LogP contribution in [0.5, 0.6) is 0 Å². The lowest BCUT2D eigenvalue weighted by Gasteiger charge is -2.10. The van der Waals surface area contributed by atoms with E-state index in [0.717, 1.165) is 33.4 Å². The molecule has 230 valence electrons. The molecule has 2 aromatic heterocycles. The first-order valence-corrected chi connectivity index (χ1v) is 17.2. The Morgan fingerprint density at radius 2 is 0.694 bits per heavy atom. The molecule has 0 atom stereocenters. The van der Waals surface area contributed by atoms with Gasteiger partial charge in [0.2, 0.25) is 0 Å². The standard InChI is InChI=1S/C45H29N3S/c1-4-11-30(12-5-1)33-19-21-34(22-20-33)43-46-44(37-18-10-17-35(27-37)31-13-6-2-7-14-31)48-45(47-43)38-23-25-39-40-28-36(32-15-8-3-9-16-32)24-26-41(40)49-42(39)29-38/h1-29H. The quantitative estimate of drug-likeness (QED) is 0.181. The number of thiophene rings is 1. The summed E-state index contributed by atoms with van der Waals surface area (Å²) in [5.41, 5.74) is 9.90. The predicted molar refractivity (Wildman–Crippen MR) is 205 cm³/mol. The first kappa shape index (κ1) is 29.0. The maximum atomic E-state index is 5.10. The average Bonchev–Trinajstić information content (AvgIpc) is 3.56. The van der Waals surface area contributed by atoms with Gasteiger partial charge in [-0.1, -0.05) is 152 Å². The second-order valence-corrected chi connectivity index (χ2v) is 13.2. The molecule has 0 radical (unpaired) electrons. The molecule has 0 N–H and O–H groups in total. The number of fused-ring (bicyclic) bond motifs is 3. The number of aromatic nitrogens is 3. The van der Waals surface area contributed by atoms with Crippen molar-refractivity contribution in [1.82, 2.24) is 15.0 Å². The lowest BCUT2D eigenvalue weighted by atomic mass is 10.0. The van der Waals surface area contributed by atoms with Crippen molar-refractivity contribution in [2.45, 2.75) is 0 Å². The van der Waals surface area contributed by atoms with Crippen molar-refractivity contribution < 1.29 is 0 Å². The van der Waals surface area contributed by atoms with Gasteiger partial charge in [-0.3, -0.25) is 0 Å². The maximum Gasteiger partial charge on any atom is 0.164 e. The Morgan fingerprint density at radius 3 is 1.33 bits per heavy atom. The van der Waals surface area contributed by atoms with Gasteiger partial charge in [-0.05, 0) is 57.6 Å². The van der Waals surface area contributed by atoms with Crippen molar-refractivity contribution in [1.29, 1.82) is 0 Å². The minimum atomic E-state index is 0.647. The third kappa shape index (κ3) is 5.69. The van der Waals surface area contributed by atoms with Crippen LogP contribution in [0.15, 0.2) is 176 Å². The van der Waals surface area contributed by atoms with Crippen molar-refractivity contribution >= 4 is 31.5 Å². The van der Waals surface area contributed by atoms with E-state index in [1.165, 1.54) is 36.9 Å². The summed E-state index contributed by atoms with van der Waals surface area (Å²) in [4.78, 5) is 15.2. The summed E-state index contributed by atoms with van der Waals surface area (Å²) < 4.78 is 2.47. The molecular formula is C45H29N3S. The van der Waals surface area contributed by atoms with E-state index in [4.69, 9.17) is 15.0 Å². The molecule has 0 aliphatic heterocycles. The molecule has 2 heterocycles. The summed E-state index contributed by atoms with van der Waals surface area (Å²) in [5, 5.41) is 2.50.